The molecule has 10 rings (SSSR count). The van der Waals surface area contributed by atoms with Gasteiger partial charge in [-0.05, 0) is 77.8 Å². The van der Waals surface area contributed by atoms with E-state index in [1.54, 1.807) is 4.90 Å². The fourth-order valence-electron chi connectivity index (χ4n) is 6.57. The van der Waals surface area contributed by atoms with Gasteiger partial charge in [-0.3, -0.25) is 0 Å². The Balaban J connectivity index is 1.22. The topological polar surface area (TPSA) is 55.6 Å². The highest BCUT2D eigenvalue weighted by atomic mass is 16.4. The SMILES string of the molecule is [2H]c1c([2H])c(-c2ccccc2)c([2H])c(N(c2ccc3c(c2)oc2ccccc23)c2ccc3c(c2)oc2cccc(-c4nc5ccccc5o4)c23)c1[2H]. The monoisotopic (exact) mass is 622 g/mol. The number of furan rings is 2. The molecule has 0 fully saturated rings. The van der Waals surface area contributed by atoms with Crippen molar-refractivity contribution in [3.05, 3.63) is 158 Å². The van der Waals surface area contributed by atoms with Gasteiger partial charge in [-0.25, -0.2) is 4.98 Å². The van der Waals surface area contributed by atoms with Crippen LogP contribution in [0.25, 0.3) is 77.6 Å². The molecule has 10 aromatic rings. The molecule has 0 unspecified atom stereocenters. The van der Waals surface area contributed by atoms with Gasteiger partial charge in [0, 0.05) is 56.3 Å². The zero-order valence-corrected chi connectivity index (χ0v) is 25.3. The second-order valence-electron chi connectivity index (χ2n) is 11.7. The number of hydrogen-bond donors (Lipinski definition) is 0. The summed E-state index contributed by atoms with van der Waals surface area (Å²) >= 11 is 0. The predicted molar refractivity (Wildman–Crippen MR) is 194 cm³/mol. The van der Waals surface area contributed by atoms with E-state index in [0.29, 0.717) is 45.2 Å². The van der Waals surface area contributed by atoms with E-state index in [2.05, 4.69) is 0 Å². The maximum atomic E-state index is 9.53. The van der Waals surface area contributed by atoms with E-state index in [4.69, 9.17) is 21.0 Å². The summed E-state index contributed by atoms with van der Waals surface area (Å²) in [4.78, 5) is 6.54. The lowest BCUT2D eigenvalue weighted by Crippen LogP contribution is -2.09. The van der Waals surface area contributed by atoms with Gasteiger partial charge in [-0.2, -0.15) is 0 Å². The maximum Gasteiger partial charge on any atom is 0.228 e. The van der Waals surface area contributed by atoms with Crippen molar-refractivity contribution in [3.8, 4) is 22.6 Å². The zero-order valence-electron chi connectivity index (χ0n) is 29.3. The third kappa shape index (κ3) is 4.22. The molecule has 3 aromatic heterocycles. The van der Waals surface area contributed by atoms with Crippen molar-refractivity contribution in [2.24, 2.45) is 0 Å². The first-order valence-electron chi connectivity index (χ1n) is 17.6. The van der Waals surface area contributed by atoms with Crippen LogP contribution >= 0.6 is 0 Å². The van der Waals surface area contributed by atoms with E-state index < -0.39 is 0 Å². The summed E-state index contributed by atoms with van der Waals surface area (Å²) in [6.45, 7) is 0. The largest absolute Gasteiger partial charge is 0.456 e. The summed E-state index contributed by atoms with van der Waals surface area (Å²) < 4.78 is 55.4. The molecule has 7 aromatic carbocycles. The number of rotatable bonds is 5. The second kappa shape index (κ2) is 10.5. The van der Waals surface area contributed by atoms with E-state index in [1.807, 2.05) is 133 Å². The molecule has 0 aliphatic rings. The van der Waals surface area contributed by atoms with Gasteiger partial charge in [-0.15, -0.1) is 0 Å². The van der Waals surface area contributed by atoms with Crippen molar-refractivity contribution in [2.45, 2.75) is 0 Å². The highest BCUT2D eigenvalue weighted by Gasteiger charge is 2.20. The molecular formula is C43H26N2O3. The third-order valence-electron chi connectivity index (χ3n) is 8.78. The molecule has 0 saturated heterocycles. The van der Waals surface area contributed by atoms with Gasteiger partial charge in [0.25, 0.3) is 0 Å². The van der Waals surface area contributed by atoms with E-state index >= 15 is 0 Å². The minimum Gasteiger partial charge on any atom is -0.456 e. The quantitative estimate of drug-likeness (QED) is 0.191. The van der Waals surface area contributed by atoms with Crippen LogP contribution in [0, 0.1) is 0 Å². The summed E-state index contributed by atoms with van der Waals surface area (Å²) in [6, 6.07) is 41.3. The molecule has 5 nitrogen and oxygen atoms in total. The lowest BCUT2D eigenvalue weighted by Gasteiger charge is -2.26. The van der Waals surface area contributed by atoms with E-state index in [9.17, 15) is 2.74 Å². The first kappa shape index (κ1) is 22.8. The molecule has 0 aliphatic carbocycles. The Morgan fingerprint density at radius 2 is 1.19 bits per heavy atom. The van der Waals surface area contributed by atoms with Crippen LogP contribution in [0.5, 0.6) is 0 Å². The molecule has 3 heterocycles. The van der Waals surface area contributed by atoms with E-state index in [1.165, 1.54) is 0 Å². The number of benzene rings is 7. The van der Waals surface area contributed by atoms with Crippen LogP contribution in [0.4, 0.5) is 17.1 Å². The van der Waals surface area contributed by atoms with Crippen LogP contribution in [-0.2, 0) is 0 Å². The summed E-state index contributed by atoms with van der Waals surface area (Å²) in [5, 5.41) is 3.61. The van der Waals surface area contributed by atoms with Crippen LogP contribution in [0.15, 0.2) is 171 Å². The van der Waals surface area contributed by atoms with Gasteiger partial charge in [0.2, 0.25) is 5.89 Å². The first-order chi connectivity index (χ1) is 25.4. The number of para-hydroxylation sites is 3. The van der Waals surface area contributed by atoms with Crippen LogP contribution in [-0.4, -0.2) is 4.98 Å². The molecule has 0 spiro atoms. The number of nitrogens with zero attached hydrogens (tertiary/aromatic N) is 2. The molecule has 0 bridgehead atoms. The Morgan fingerprint density at radius 1 is 0.500 bits per heavy atom. The predicted octanol–water partition coefficient (Wildman–Crippen LogP) is 12.4. The number of fused-ring (bicyclic) bond motifs is 7. The highest BCUT2D eigenvalue weighted by Crippen LogP contribution is 2.43. The van der Waals surface area contributed by atoms with Gasteiger partial charge < -0.3 is 18.2 Å². The average molecular weight is 623 g/mol. The van der Waals surface area contributed by atoms with Crippen molar-refractivity contribution >= 4 is 72.0 Å². The minimum atomic E-state index is -0.271. The Bertz CT molecular complexity index is 3000. The molecule has 48 heavy (non-hydrogen) atoms. The normalized spacial score (nSPS) is 12.9. The molecule has 0 saturated carbocycles. The molecule has 0 radical (unpaired) electrons. The van der Waals surface area contributed by atoms with Crippen LogP contribution < -0.4 is 4.90 Å². The van der Waals surface area contributed by atoms with Crippen LogP contribution in [0.3, 0.4) is 0 Å². The Hall–Kier alpha value is -6.59. The Morgan fingerprint density at radius 3 is 2.04 bits per heavy atom. The van der Waals surface area contributed by atoms with Gasteiger partial charge >= 0.3 is 0 Å². The summed E-state index contributed by atoms with van der Waals surface area (Å²) in [7, 11) is 0. The summed E-state index contributed by atoms with van der Waals surface area (Å²) in [6.07, 6.45) is 0. The maximum absolute atomic E-state index is 9.53. The third-order valence-corrected chi connectivity index (χ3v) is 8.78. The van der Waals surface area contributed by atoms with Gasteiger partial charge in [0.1, 0.15) is 27.8 Å². The van der Waals surface area contributed by atoms with Crippen molar-refractivity contribution < 1.29 is 18.7 Å². The second-order valence-corrected chi connectivity index (χ2v) is 11.7. The molecule has 0 aliphatic heterocycles. The minimum absolute atomic E-state index is 0.0372. The first-order valence-corrected chi connectivity index (χ1v) is 15.6. The average Bonchev–Trinajstić information content (AvgIpc) is 3.89. The Labute approximate surface area is 280 Å². The number of anilines is 3. The smallest absolute Gasteiger partial charge is 0.228 e. The number of oxazole rings is 1. The van der Waals surface area contributed by atoms with Crippen molar-refractivity contribution in [2.75, 3.05) is 4.90 Å². The Kier molecular flexibility index (Phi) is 4.98. The molecule has 0 atom stereocenters. The molecule has 226 valence electrons. The number of aromatic nitrogens is 1. The summed E-state index contributed by atoms with van der Waals surface area (Å²) in [5.74, 6) is 0.490. The van der Waals surface area contributed by atoms with E-state index in [-0.39, 0.29) is 35.4 Å². The fraction of sp³-hybridized carbons (Fsp3) is 0. The van der Waals surface area contributed by atoms with E-state index in [0.717, 1.165) is 38.2 Å². The summed E-state index contributed by atoms with van der Waals surface area (Å²) in [5.41, 5.74) is 7.17. The molecule has 5 heteroatoms. The zero-order chi connectivity index (χ0) is 35.1. The van der Waals surface area contributed by atoms with Crippen molar-refractivity contribution in [1.82, 2.24) is 4.98 Å². The lowest BCUT2D eigenvalue weighted by atomic mass is 10.0. The lowest BCUT2D eigenvalue weighted by molar-refractivity contribution is 0.620. The number of hydrogen-bond acceptors (Lipinski definition) is 5. The molecule has 0 amide bonds. The van der Waals surface area contributed by atoms with Gasteiger partial charge in [0.15, 0.2) is 5.58 Å². The molecular weight excluding hydrogens is 592 g/mol. The van der Waals surface area contributed by atoms with Crippen molar-refractivity contribution in [3.63, 3.8) is 0 Å². The van der Waals surface area contributed by atoms with Crippen LogP contribution in [0.1, 0.15) is 5.48 Å². The van der Waals surface area contributed by atoms with Gasteiger partial charge in [-0.1, -0.05) is 78.8 Å². The van der Waals surface area contributed by atoms with Crippen LogP contribution in [0.2, 0.25) is 0 Å². The van der Waals surface area contributed by atoms with Gasteiger partial charge in [0.05, 0.1) is 5.48 Å². The highest BCUT2D eigenvalue weighted by molar-refractivity contribution is 6.13. The van der Waals surface area contributed by atoms with Crippen molar-refractivity contribution in [1.29, 1.82) is 0 Å². The fourth-order valence-corrected chi connectivity index (χ4v) is 6.57. The standard InChI is InChI=1S/C43H26N2O3/c1-2-10-27(11-3-1)28-12-8-13-29(24-28)45(30-20-22-33-32-14-4-6-17-37(32)46-40(33)25-30)31-21-23-34-41(26-31)47-39-19-9-15-35(42(34)39)43-44-36-16-5-7-18-38(36)48-43/h1-26H/i8D,12D,13D,24D. The molecule has 0 N–H and O–H groups in total.